The second-order valence-electron chi connectivity index (χ2n) is 4.16. The van der Waals surface area contributed by atoms with E-state index in [0.29, 0.717) is 16.8 Å². The quantitative estimate of drug-likeness (QED) is 0.813. The molecule has 0 saturated carbocycles. The van der Waals surface area contributed by atoms with Crippen molar-refractivity contribution in [3.05, 3.63) is 28.7 Å². The Hall–Kier alpha value is -2.12. The number of carbonyl (C=O) groups is 1. The molecule has 0 saturated heterocycles. The molecule has 0 radical (unpaired) electrons. The average molecular weight is 265 g/mol. The smallest absolute Gasteiger partial charge is 0.408 e. The van der Waals surface area contributed by atoms with Crippen LogP contribution in [-0.2, 0) is 16.6 Å². The minimum Gasteiger partial charge on any atom is -0.408 e. The van der Waals surface area contributed by atoms with Crippen LogP contribution in [0, 0.1) is 0 Å². The standard InChI is InChI=1S/C12H15N3O4/c1-15-9-4-3-7(5-10(9)19-12(15)17)14-11(16)8(13)6-18-2/h3-5,8H,6,13H2,1-2H3,(H,14,16). The maximum absolute atomic E-state index is 11.7. The molecule has 1 atom stereocenters. The first kappa shape index (κ1) is 13.3. The zero-order valence-corrected chi connectivity index (χ0v) is 10.7. The fraction of sp³-hybridized carbons (Fsp3) is 0.333. The van der Waals surface area contributed by atoms with E-state index in [2.05, 4.69) is 5.32 Å². The van der Waals surface area contributed by atoms with Crippen molar-refractivity contribution in [2.75, 3.05) is 19.0 Å². The van der Waals surface area contributed by atoms with Gasteiger partial charge in [0.05, 0.1) is 12.1 Å². The highest BCUT2D eigenvalue weighted by Gasteiger charge is 2.14. The van der Waals surface area contributed by atoms with E-state index < -0.39 is 11.8 Å². The van der Waals surface area contributed by atoms with Crippen molar-refractivity contribution in [1.29, 1.82) is 0 Å². The normalized spacial score (nSPS) is 12.6. The van der Waals surface area contributed by atoms with E-state index in [1.807, 2.05) is 0 Å². The monoisotopic (exact) mass is 265 g/mol. The van der Waals surface area contributed by atoms with E-state index in [0.717, 1.165) is 0 Å². The number of fused-ring (bicyclic) bond motifs is 1. The van der Waals surface area contributed by atoms with Gasteiger partial charge in [-0.25, -0.2) is 4.79 Å². The summed E-state index contributed by atoms with van der Waals surface area (Å²) in [5.41, 5.74) is 7.18. The third-order valence-corrected chi connectivity index (χ3v) is 2.74. The van der Waals surface area contributed by atoms with Gasteiger partial charge in [0, 0.05) is 25.9 Å². The number of benzene rings is 1. The number of ether oxygens (including phenoxy) is 1. The van der Waals surface area contributed by atoms with Gasteiger partial charge in [-0.05, 0) is 12.1 Å². The van der Waals surface area contributed by atoms with Crippen LogP contribution in [0.25, 0.3) is 11.1 Å². The summed E-state index contributed by atoms with van der Waals surface area (Å²) in [4.78, 5) is 23.0. The molecule has 1 aromatic heterocycles. The highest BCUT2D eigenvalue weighted by atomic mass is 16.5. The lowest BCUT2D eigenvalue weighted by atomic mass is 10.2. The summed E-state index contributed by atoms with van der Waals surface area (Å²) in [6, 6.07) is 4.20. The fourth-order valence-electron chi connectivity index (χ4n) is 1.70. The molecule has 0 fully saturated rings. The predicted octanol–water partition coefficient (Wildman–Crippen LogP) is 0.0437. The predicted molar refractivity (Wildman–Crippen MR) is 69.9 cm³/mol. The molecule has 0 spiro atoms. The number of nitrogens with zero attached hydrogens (tertiary/aromatic N) is 1. The van der Waals surface area contributed by atoms with Crippen LogP contribution in [0.4, 0.5) is 5.69 Å². The molecule has 0 aliphatic heterocycles. The SMILES string of the molecule is COCC(N)C(=O)Nc1ccc2c(c1)oc(=O)n2C. The maximum atomic E-state index is 11.7. The number of nitrogens with one attached hydrogen (secondary N) is 1. The van der Waals surface area contributed by atoms with E-state index in [1.54, 1.807) is 25.2 Å². The molecule has 1 unspecified atom stereocenters. The Labute approximate surface area is 108 Å². The van der Waals surface area contributed by atoms with E-state index >= 15 is 0 Å². The fourth-order valence-corrected chi connectivity index (χ4v) is 1.70. The number of hydrogen-bond acceptors (Lipinski definition) is 5. The van der Waals surface area contributed by atoms with E-state index in [-0.39, 0.29) is 12.5 Å². The van der Waals surface area contributed by atoms with Gasteiger partial charge in [-0.3, -0.25) is 9.36 Å². The van der Waals surface area contributed by atoms with Crippen molar-refractivity contribution in [3.63, 3.8) is 0 Å². The van der Waals surface area contributed by atoms with E-state index in [9.17, 15) is 9.59 Å². The second kappa shape index (κ2) is 5.25. The summed E-state index contributed by atoms with van der Waals surface area (Å²) in [5.74, 6) is -0.811. The number of carbonyl (C=O) groups excluding carboxylic acids is 1. The number of hydrogen-bond donors (Lipinski definition) is 2. The Morgan fingerprint density at radius 1 is 1.58 bits per heavy atom. The molecule has 1 heterocycles. The zero-order valence-electron chi connectivity index (χ0n) is 10.7. The number of aryl methyl sites for hydroxylation is 1. The molecular weight excluding hydrogens is 250 g/mol. The third-order valence-electron chi connectivity index (χ3n) is 2.74. The van der Waals surface area contributed by atoms with Gasteiger partial charge < -0.3 is 20.2 Å². The van der Waals surface area contributed by atoms with Gasteiger partial charge in [-0.15, -0.1) is 0 Å². The van der Waals surface area contributed by atoms with Gasteiger partial charge >= 0.3 is 5.76 Å². The van der Waals surface area contributed by atoms with Crippen LogP contribution < -0.4 is 16.8 Å². The number of oxazole rings is 1. The number of rotatable bonds is 4. The lowest BCUT2D eigenvalue weighted by molar-refractivity contribution is -0.118. The molecule has 19 heavy (non-hydrogen) atoms. The van der Waals surface area contributed by atoms with Crippen molar-refractivity contribution in [2.24, 2.45) is 12.8 Å². The summed E-state index contributed by atoms with van der Waals surface area (Å²) in [5, 5.41) is 2.63. The highest BCUT2D eigenvalue weighted by Crippen LogP contribution is 2.17. The van der Waals surface area contributed by atoms with Gasteiger partial charge in [0.2, 0.25) is 5.91 Å². The Kier molecular flexibility index (Phi) is 3.68. The lowest BCUT2D eigenvalue weighted by Gasteiger charge is -2.10. The number of aromatic nitrogens is 1. The average Bonchev–Trinajstić information content (AvgIpc) is 2.65. The van der Waals surface area contributed by atoms with Crippen LogP contribution in [0.2, 0.25) is 0 Å². The molecular formula is C12H15N3O4. The first-order valence-electron chi connectivity index (χ1n) is 5.68. The molecule has 7 nitrogen and oxygen atoms in total. The summed E-state index contributed by atoms with van der Waals surface area (Å²) in [6.45, 7) is 0.133. The van der Waals surface area contributed by atoms with Crippen LogP contribution in [0.1, 0.15) is 0 Å². The van der Waals surface area contributed by atoms with Gasteiger partial charge in [0.25, 0.3) is 0 Å². The topological polar surface area (TPSA) is 99.5 Å². The first-order valence-corrected chi connectivity index (χ1v) is 5.68. The molecule has 1 aromatic carbocycles. The summed E-state index contributed by atoms with van der Waals surface area (Å²) >= 11 is 0. The van der Waals surface area contributed by atoms with Crippen LogP contribution >= 0.6 is 0 Å². The molecule has 102 valence electrons. The number of nitrogens with two attached hydrogens (primary N) is 1. The van der Waals surface area contributed by atoms with Gasteiger partial charge in [0.15, 0.2) is 5.58 Å². The Bertz CT molecular complexity index is 659. The van der Waals surface area contributed by atoms with Crippen LogP contribution in [0.5, 0.6) is 0 Å². The molecule has 1 amide bonds. The van der Waals surface area contributed by atoms with Crippen molar-refractivity contribution in [1.82, 2.24) is 4.57 Å². The minimum atomic E-state index is -0.747. The summed E-state index contributed by atoms with van der Waals surface area (Å²) < 4.78 is 11.2. The number of methoxy groups -OCH3 is 1. The second-order valence-corrected chi connectivity index (χ2v) is 4.16. The lowest BCUT2D eigenvalue weighted by Crippen LogP contribution is -2.39. The third kappa shape index (κ3) is 2.67. The molecule has 2 aromatic rings. The van der Waals surface area contributed by atoms with Gasteiger partial charge in [0.1, 0.15) is 6.04 Å². The summed E-state index contributed by atoms with van der Waals surface area (Å²) in [7, 11) is 3.08. The maximum Gasteiger partial charge on any atom is 0.419 e. The van der Waals surface area contributed by atoms with Crippen LogP contribution in [0.15, 0.2) is 27.4 Å². The molecule has 3 N–H and O–H groups in total. The Morgan fingerprint density at radius 3 is 3.00 bits per heavy atom. The van der Waals surface area contributed by atoms with Crippen LogP contribution in [0.3, 0.4) is 0 Å². The van der Waals surface area contributed by atoms with Crippen molar-refractivity contribution >= 4 is 22.7 Å². The van der Waals surface area contributed by atoms with E-state index in [1.165, 1.54) is 11.7 Å². The summed E-state index contributed by atoms with van der Waals surface area (Å²) in [6.07, 6.45) is 0. The van der Waals surface area contributed by atoms with Crippen molar-refractivity contribution in [3.8, 4) is 0 Å². The first-order chi connectivity index (χ1) is 9.02. The number of anilines is 1. The van der Waals surface area contributed by atoms with Crippen LogP contribution in [-0.4, -0.2) is 30.2 Å². The van der Waals surface area contributed by atoms with Crippen molar-refractivity contribution in [2.45, 2.75) is 6.04 Å². The molecule has 0 aliphatic carbocycles. The molecule has 7 heteroatoms. The zero-order chi connectivity index (χ0) is 14.0. The highest BCUT2D eigenvalue weighted by molar-refractivity contribution is 5.96. The minimum absolute atomic E-state index is 0.133. The number of amides is 1. The van der Waals surface area contributed by atoms with Crippen molar-refractivity contribution < 1.29 is 13.9 Å². The Balaban J connectivity index is 2.22. The van der Waals surface area contributed by atoms with E-state index in [4.69, 9.17) is 14.9 Å². The molecule has 0 aliphatic rings. The Morgan fingerprint density at radius 2 is 2.32 bits per heavy atom. The molecule has 2 rings (SSSR count). The largest absolute Gasteiger partial charge is 0.419 e. The van der Waals surface area contributed by atoms with Gasteiger partial charge in [-0.1, -0.05) is 0 Å². The van der Waals surface area contributed by atoms with Gasteiger partial charge in [-0.2, -0.15) is 0 Å². The molecule has 0 bridgehead atoms.